The second-order valence-electron chi connectivity index (χ2n) is 9.10. The first kappa shape index (κ1) is 29.0. The number of hydrogen-bond acceptors (Lipinski definition) is 4. The predicted molar refractivity (Wildman–Crippen MR) is 145 cm³/mol. The zero-order valence-electron chi connectivity index (χ0n) is 21.6. The third-order valence-electron chi connectivity index (χ3n) is 5.99. The molecule has 0 aliphatic carbocycles. The number of nitrogens with zero attached hydrogens (tertiary/aromatic N) is 1. The minimum Gasteiger partial charge on any atom is -0.480 e. The van der Waals surface area contributed by atoms with Crippen molar-refractivity contribution in [1.29, 1.82) is 0 Å². The standard InChI is InChI=1S/C29H29BrF2N2O4/c1-17-13-21(30)14-18(2)28(17)33-29(37)19(3)38-26-11-9-23(32)15-24(26)25(35)10-12-27(36)34(4)16-20-5-7-22(31)8-6-20/h5-9,11,13-15,19H,10,12,16H2,1-4H3,(H,33,37)/t19-/m1/s1. The normalized spacial score (nSPS) is 11.6. The van der Waals surface area contributed by atoms with E-state index in [2.05, 4.69) is 21.2 Å². The van der Waals surface area contributed by atoms with Gasteiger partial charge in [0.2, 0.25) is 5.91 Å². The van der Waals surface area contributed by atoms with Gasteiger partial charge in [0.05, 0.1) is 5.56 Å². The molecule has 200 valence electrons. The van der Waals surface area contributed by atoms with Crippen LogP contribution in [0.4, 0.5) is 14.5 Å². The molecule has 6 nitrogen and oxygen atoms in total. The lowest BCUT2D eigenvalue weighted by Crippen LogP contribution is -2.31. The van der Waals surface area contributed by atoms with E-state index in [-0.39, 0.29) is 42.4 Å². The van der Waals surface area contributed by atoms with Gasteiger partial charge in [0.15, 0.2) is 11.9 Å². The zero-order valence-corrected chi connectivity index (χ0v) is 23.2. The van der Waals surface area contributed by atoms with Gasteiger partial charge >= 0.3 is 0 Å². The van der Waals surface area contributed by atoms with E-state index in [1.165, 1.54) is 30.0 Å². The van der Waals surface area contributed by atoms with Crippen molar-refractivity contribution in [3.63, 3.8) is 0 Å². The summed E-state index contributed by atoms with van der Waals surface area (Å²) < 4.78 is 33.8. The van der Waals surface area contributed by atoms with E-state index in [0.717, 1.165) is 33.3 Å². The number of ketones is 1. The number of anilines is 1. The molecule has 0 spiro atoms. The van der Waals surface area contributed by atoms with E-state index in [9.17, 15) is 23.2 Å². The van der Waals surface area contributed by atoms with Gasteiger partial charge in [-0.15, -0.1) is 0 Å². The molecule has 0 aliphatic rings. The van der Waals surface area contributed by atoms with Crippen molar-refractivity contribution < 1.29 is 27.9 Å². The van der Waals surface area contributed by atoms with Gasteiger partial charge < -0.3 is 15.0 Å². The van der Waals surface area contributed by atoms with E-state index in [4.69, 9.17) is 4.74 Å². The molecule has 38 heavy (non-hydrogen) atoms. The highest BCUT2D eigenvalue weighted by Gasteiger charge is 2.22. The molecule has 3 aromatic rings. The van der Waals surface area contributed by atoms with Crippen molar-refractivity contribution in [2.24, 2.45) is 0 Å². The molecule has 3 aromatic carbocycles. The van der Waals surface area contributed by atoms with E-state index in [1.807, 2.05) is 26.0 Å². The number of carbonyl (C=O) groups is 3. The summed E-state index contributed by atoms with van der Waals surface area (Å²) in [6.07, 6.45) is -1.27. The van der Waals surface area contributed by atoms with Gasteiger partial charge in [-0.3, -0.25) is 14.4 Å². The highest BCUT2D eigenvalue weighted by molar-refractivity contribution is 9.10. The number of halogens is 3. The number of benzene rings is 3. The van der Waals surface area contributed by atoms with Crippen molar-refractivity contribution in [2.45, 2.75) is 46.3 Å². The SMILES string of the molecule is Cc1cc(Br)cc(C)c1NC(=O)[C@@H](C)Oc1ccc(F)cc1C(=O)CCC(=O)N(C)Cc1ccc(F)cc1. The van der Waals surface area contributed by atoms with E-state index < -0.39 is 23.6 Å². The zero-order chi connectivity index (χ0) is 28.0. The summed E-state index contributed by atoms with van der Waals surface area (Å²) in [4.78, 5) is 39.8. The number of amides is 2. The van der Waals surface area contributed by atoms with Crippen LogP contribution in [-0.2, 0) is 16.1 Å². The fourth-order valence-electron chi connectivity index (χ4n) is 3.90. The lowest BCUT2D eigenvalue weighted by atomic mass is 10.0. The second-order valence-corrected chi connectivity index (χ2v) is 10.0. The minimum absolute atomic E-state index is 0.0466. The fraction of sp³-hybridized carbons (Fsp3) is 0.276. The van der Waals surface area contributed by atoms with Crippen molar-refractivity contribution in [2.75, 3.05) is 12.4 Å². The Bertz CT molecular complexity index is 1320. The largest absolute Gasteiger partial charge is 0.480 e. The number of carbonyl (C=O) groups excluding carboxylic acids is 3. The first-order valence-corrected chi connectivity index (χ1v) is 12.8. The van der Waals surface area contributed by atoms with Gasteiger partial charge in [-0.2, -0.15) is 0 Å². The maximum Gasteiger partial charge on any atom is 0.265 e. The maximum absolute atomic E-state index is 14.0. The van der Waals surface area contributed by atoms with E-state index >= 15 is 0 Å². The van der Waals surface area contributed by atoms with Gasteiger partial charge in [-0.1, -0.05) is 28.1 Å². The van der Waals surface area contributed by atoms with Gasteiger partial charge in [0, 0.05) is 36.6 Å². The van der Waals surface area contributed by atoms with Crippen molar-refractivity contribution in [3.8, 4) is 5.75 Å². The smallest absolute Gasteiger partial charge is 0.265 e. The highest BCUT2D eigenvalue weighted by atomic mass is 79.9. The fourth-order valence-corrected chi connectivity index (χ4v) is 4.58. The van der Waals surface area contributed by atoms with Gasteiger partial charge in [0.25, 0.3) is 5.91 Å². The summed E-state index contributed by atoms with van der Waals surface area (Å²) in [6.45, 7) is 5.53. The Morgan fingerprint density at radius 1 is 0.947 bits per heavy atom. The molecule has 3 rings (SSSR count). The molecule has 0 saturated heterocycles. The molecular formula is C29H29BrF2N2O4. The van der Waals surface area contributed by atoms with Crippen LogP contribution in [0.5, 0.6) is 5.75 Å². The van der Waals surface area contributed by atoms with Gasteiger partial charge in [-0.05, 0) is 79.9 Å². The summed E-state index contributed by atoms with van der Waals surface area (Å²) in [6, 6.07) is 13.0. The van der Waals surface area contributed by atoms with Gasteiger partial charge in [0.1, 0.15) is 17.4 Å². The average Bonchev–Trinajstić information content (AvgIpc) is 2.86. The highest BCUT2D eigenvalue weighted by Crippen LogP contribution is 2.27. The van der Waals surface area contributed by atoms with E-state index in [0.29, 0.717) is 5.69 Å². The number of nitrogens with one attached hydrogen (secondary N) is 1. The van der Waals surface area contributed by atoms with Crippen LogP contribution in [0.3, 0.4) is 0 Å². The molecule has 1 N–H and O–H groups in total. The average molecular weight is 587 g/mol. The molecule has 0 unspecified atom stereocenters. The first-order chi connectivity index (χ1) is 17.9. The van der Waals surface area contributed by atoms with Crippen LogP contribution < -0.4 is 10.1 Å². The summed E-state index contributed by atoms with van der Waals surface area (Å²) in [5.41, 5.74) is 3.09. The van der Waals surface area contributed by atoms with Crippen LogP contribution in [0.15, 0.2) is 59.1 Å². The molecule has 0 saturated carbocycles. The lowest BCUT2D eigenvalue weighted by Gasteiger charge is -2.19. The minimum atomic E-state index is -0.988. The molecule has 1 atom stereocenters. The number of aryl methyl sites for hydroxylation is 2. The third-order valence-corrected chi connectivity index (χ3v) is 6.44. The number of rotatable bonds is 10. The van der Waals surface area contributed by atoms with Crippen LogP contribution in [0, 0.1) is 25.5 Å². The molecule has 0 fully saturated rings. The molecule has 9 heteroatoms. The Morgan fingerprint density at radius 3 is 2.18 bits per heavy atom. The summed E-state index contributed by atoms with van der Waals surface area (Å²) in [7, 11) is 1.59. The first-order valence-electron chi connectivity index (χ1n) is 12.0. The summed E-state index contributed by atoms with van der Waals surface area (Å²) >= 11 is 3.42. The molecule has 0 aliphatic heterocycles. The molecule has 0 radical (unpaired) electrons. The lowest BCUT2D eigenvalue weighted by molar-refractivity contribution is -0.130. The molecule has 0 aromatic heterocycles. The molecule has 2 amide bonds. The Morgan fingerprint density at radius 2 is 1.55 bits per heavy atom. The van der Waals surface area contributed by atoms with Crippen LogP contribution in [0.2, 0.25) is 0 Å². The number of hydrogen-bond donors (Lipinski definition) is 1. The van der Waals surface area contributed by atoms with Crippen molar-refractivity contribution in [3.05, 3.63) is 93.0 Å². The van der Waals surface area contributed by atoms with Crippen molar-refractivity contribution >= 4 is 39.2 Å². The van der Waals surface area contributed by atoms with Gasteiger partial charge in [-0.25, -0.2) is 8.78 Å². The van der Waals surface area contributed by atoms with Crippen LogP contribution >= 0.6 is 15.9 Å². The molecule has 0 heterocycles. The Hall–Kier alpha value is -3.59. The van der Waals surface area contributed by atoms with Crippen molar-refractivity contribution in [1.82, 2.24) is 4.90 Å². The predicted octanol–water partition coefficient (Wildman–Crippen LogP) is 6.37. The summed E-state index contributed by atoms with van der Waals surface area (Å²) in [5.74, 6) is -2.18. The number of ether oxygens (including phenoxy) is 1. The molecule has 0 bridgehead atoms. The van der Waals surface area contributed by atoms with Crippen LogP contribution in [0.25, 0.3) is 0 Å². The quantitative estimate of drug-likeness (QED) is 0.280. The third kappa shape index (κ3) is 7.71. The van der Waals surface area contributed by atoms with Crippen LogP contribution in [-0.4, -0.2) is 35.6 Å². The summed E-state index contributed by atoms with van der Waals surface area (Å²) in [5, 5.41) is 2.85. The maximum atomic E-state index is 14.0. The molecular weight excluding hydrogens is 558 g/mol. The van der Waals surface area contributed by atoms with Crippen LogP contribution in [0.1, 0.15) is 46.8 Å². The van der Waals surface area contributed by atoms with E-state index in [1.54, 1.807) is 19.2 Å². The topological polar surface area (TPSA) is 75.7 Å². The Labute approximate surface area is 229 Å². The monoisotopic (exact) mass is 586 g/mol. The second kappa shape index (κ2) is 12.8. The number of Topliss-reactive ketones (excluding diaryl/α,β-unsaturated/α-hetero) is 1. The Kier molecular flexibility index (Phi) is 9.74. The Balaban J connectivity index is 1.64.